The Morgan fingerprint density at radius 2 is 1.75 bits per heavy atom. The molecule has 0 heterocycles. The molecule has 0 unspecified atom stereocenters. The van der Waals surface area contributed by atoms with Crippen LogP contribution in [0.1, 0.15) is 27.7 Å². The van der Waals surface area contributed by atoms with Crippen LogP contribution in [0.3, 0.4) is 0 Å². The Hall–Kier alpha value is -0.330. The molecule has 0 aromatic rings. The van der Waals surface area contributed by atoms with Crippen molar-refractivity contribution in [2.45, 2.75) is 33.3 Å². The predicted molar refractivity (Wildman–Crippen MR) is 52.8 cm³/mol. The zero-order valence-electron chi connectivity index (χ0n) is 7.55. The van der Waals surface area contributed by atoms with Crippen molar-refractivity contribution in [1.29, 1.82) is 0 Å². The van der Waals surface area contributed by atoms with Gasteiger partial charge in [0.05, 0.1) is 22.9 Å². The minimum absolute atomic E-state index is 0.343. The average molecular weight is 285 g/mol. The zero-order chi connectivity index (χ0) is 9.94. The fourth-order valence-electron chi connectivity index (χ4n) is 0.431. The maximum atomic E-state index is 11.1. The van der Waals surface area contributed by atoms with Crippen molar-refractivity contribution in [1.82, 2.24) is 3.11 Å². The SMILES string of the molecule is CC(=O)N(I)C(=O)OC(C)(C)C. The number of carbonyl (C=O) groups is 2. The highest BCUT2D eigenvalue weighted by molar-refractivity contribution is 14.1. The molecular formula is C7H12INO3. The molecule has 0 N–H and O–H groups in total. The van der Waals surface area contributed by atoms with Crippen molar-refractivity contribution in [3.8, 4) is 0 Å². The number of hydrogen-bond donors (Lipinski definition) is 0. The van der Waals surface area contributed by atoms with Crippen LogP contribution in [0.4, 0.5) is 4.79 Å². The molecule has 0 aromatic heterocycles. The van der Waals surface area contributed by atoms with Crippen molar-refractivity contribution in [3.05, 3.63) is 0 Å². The number of imide groups is 1. The molecular weight excluding hydrogens is 273 g/mol. The van der Waals surface area contributed by atoms with Crippen LogP contribution in [-0.2, 0) is 9.53 Å². The van der Waals surface area contributed by atoms with Crippen LogP contribution in [0, 0.1) is 0 Å². The lowest BCUT2D eigenvalue weighted by Crippen LogP contribution is -2.33. The minimum Gasteiger partial charge on any atom is -0.443 e. The number of rotatable bonds is 0. The molecule has 0 aliphatic rings. The normalized spacial score (nSPS) is 10.8. The third kappa shape index (κ3) is 4.53. The molecule has 0 atom stereocenters. The number of carbonyl (C=O) groups excluding carboxylic acids is 2. The van der Waals surface area contributed by atoms with Gasteiger partial charge in [-0.2, -0.15) is 3.11 Å². The van der Waals surface area contributed by atoms with Crippen LogP contribution >= 0.6 is 22.9 Å². The quantitative estimate of drug-likeness (QED) is 0.506. The molecule has 0 radical (unpaired) electrons. The third-order valence-corrected chi connectivity index (χ3v) is 1.90. The van der Waals surface area contributed by atoms with Gasteiger partial charge in [-0.05, 0) is 20.8 Å². The smallest absolute Gasteiger partial charge is 0.426 e. The number of amides is 2. The largest absolute Gasteiger partial charge is 0.443 e. The van der Waals surface area contributed by atoms with E-state index < -0.39 is 11.7 Å². The second-order valence-electron chi connectivity index (χ2n) is 3.28. The summed E-state index contributed by atoms with van der Waals surface area (Å²) in [5.41, 5.74) is -0.560. The van der Waals surface area contributed by atoms with E-state index in [1.807, 2.05) is 0 Å². The molecule has 0 saturated carbocycles. The van der Waals surface area contributed by atoms with E-state index in [4.69, 9.17) is 4.74 Å². The van der Waals surface area contributed by atoms with Gasteiger partial charge in [0.1, 0.15) is 5.60 Å². The molecule has 5 heteroatoms. The first-order chi connectivity index (χ1) is 5.24. The first-order valence-electron chi connectivity index (χ1n) is 3.43. The first kappa shape index (κ1) is 11.7. The highest BCUT2D eigenvalue weighted by Gasteiger charge is 2.22. The third-order valence-electron chi connectivity index (χ3n) is 0.830. The lowest BCUT2D eigenvalue weighted by molar-refractivity contribution is -0.122. The highest BCUT2D eigenvalue weighted by Crippen LogP contribution is 2.12. The second kappa shape index (κ2) is 4.06. The molecule has 0 spiro atoms. The van der Waals surface area contributed by atoms with Crippen LogP contribution in [0.25, 0.3) is 0 Å². The Bertz CT molecular complexity index is 197. The zero-order valence-corrected chi connectivity index (χ0v) is 9.71. The van der Waals surface area contributed by atoms with Gasteiger partial charge < -0.3 is 4.74 Å². The van der Waals surface area contributed by atoms with Crippen LogP contribution in [0.2, 0.25) is 0 Å². The van der Waals surface area contributed by atoms with E-state index >= 15 is 0 Å². The minimum atomic E-state index is -0.629. The van der Waals surface area contributed by atoms with Crippen molar-refractivity contribution in [3.63, 3.8) is 0 Å². The average Bonchev–Trinajstić information content (AvgIpc) is 1.82. The molecule has 12 heavy (non-hydrogen) atoms. The molecule has 70 valence electrons. The van der Waals surface area contributed by atoms with E-state index in [1.54, 1.807) is 43.6 Å². The monoisotopic (exact) mass is 285 g/mol. The van der Waals surface area contributed by atoms with Gasteiger partial charge in [-0.1, -0.05) is 0 Å². The van der Waals surface area contributed by atoms with Gasteiger partial charge >= 0.3 is 6.09 Å². The van der Waals surface area contributed by atoms with Crippen molar-refractivity contribution >= 4 is 34.9 Å². The molecule has 0 bridgehead atoms. The van der Waals surface area contributed by atoms with Gasteiger partial charge in [0.25, 0.3) is 0 Å². The van der Waals surface area contributed by atoms with E-state index in [-0.39, 0.29) is 5.91 Å². The van der Waals surface area contributed by atoms with E-state index in [2.05, 4.69) is 0 Å². The molecule has 0 aliphatic heterocycles. The Morgan fingerprint density at radius 3 is 2.00 bits per heavy atom. The number of halogens is 1. The van der Waals surface area contributed by atoms with Crippen molar-refractivity contribution in [2.24, 2.45) is 0 Å². The number of nitrogens with zero attached hydrogens (tertiary/aromatic N) is 1. The summed E-state index contributed by atoms with van der Waals surface area (Å²) in [5.74, 6) is -0.343. The molecule has 0 fully saturated rings. The van der Waals surface area contributed by atoms with Crippen LogP contribution in [0.5, 0.6) is 0 Å². The fraction of sp³-hybridized carbons (Fsp3) is 0.714. The van der Waals surface area contributed by atoms with Crippen molar-refractivity contribution < 1.29 is 14.3 Å². The maximum Gasteiger partial charge on any atom is 0.426 e. The van der Waals surface area contributed by atoms with E-state index in [0.717, 1.165) is 3.11 Å². The summed E-state index contributed by atoms with van der Waals surface area (Å²) in [4.78, 5) is 21.8. The van der Waals surface area contributed by atoms with Gasteiger partial charge in [-0.25, -0.2) is 4.79 Å². The van der Waals surface area contributed by atoms with Gasteiger partial charge in [-0.3, -0.25) is 4.79 Å². The second-order valence-corrected chi connectivity index (χ2v) is 4.25. The Kier molecular flexibility index (Phi) is 3.95. The van der Waals surface area contributed by atoms with Gasteiger partial charge in [0, 0.05) is 6.92 Å². The van der Waals surface area contributed by atoms with E-state index in [1.165, 1.54) is 6.92 Å². The topological polar surface area (TPSA) is 46.6 Å². The maximum absolute atomic E-state index is 11.1. The standard InChI is InChI=1S/C7H12INO3/c1-5(10)9(8)6(11)12-7(2,3)4/h1-4H3. The Morgan fingerprint density at radius 1 is 1.33 bits per heavy atom. The summed E-state index contributed by atoms with van der Waals surface area (Å²) in [6.45, 7) is 6.54. The molecule has 0 rings (SSSR count). The fourth-order valence-corrected chi connectivity index (χ4v) is 0.529. The molecule has 0 aromatic carbocycles. The van der Waals surface area contributed by atoms with Gasteiger partial charge in [0.2, 0.25) is 5.91 Å². The summed E-state index contributed by atoms with van der Waals surface area (Å²) in [7, 11) is 0. The van der Waals surface area contributed by atoms with Gasteiger partial charge in [0.15, 0.2) is 0 Å². The molecule has 4 nitrogen and oxygen atoms in total. The Labute approximate surface area is 85.7 Å². The first-order valence-corrected chi connectivity index (χ1v) is 4.40. The van der Waals surface area contributed by atoms with Crippen molar-refractivity contribution in [2.75, 3.05) is 0 Å². The van der Waals surface area contributed by atoms with Crippen LogP contribution in [-0.4, -0.2) is 20.7 Å². The summed E-state index contributed by atoms with van der Waals surface area (Å²) >= 11 is 1.61. The summed E-state index contributed by atoms with van der Waals surface area (Å²) in [6, 6.07) is 0. The highest BCUT2D eigenvalue weighted by atomic mass is 127. The van der Waals surface area contributed by atoms with Crippen LogP contribution in [0.15, 0.2) is 0 Å². The lowest BCUT2D eigenvalue weighted by Gasteiger charge is -2.21. The Balaban J connectivity index is 4.15. The number of hydrogen-bond acceptors (Lipinski definition) is 3. The van der Waals surface area contributed by atoms with Crippen LogP contribution < -0.4 is 0 Å². The van der Waals surface area contributed by atoms with E-state index in [9.17, 15) is 9.59 Å². The summed E-state index contributed by atoms with van der Waals surface area (Å²) in [5, 5.41) is 0. The predicted octanol–water partition coefficient (Wildman–Crippen LogP) is 2.12. The lowest BCUT2D eigenvalue weighted by atomic mass is 10.2. The molecule has 0 saturated heterocycles. The molecule has 0 aliphatic carbocycles. The summed E-state index contributed by atoms with van der Waals surface area (Å²) < 4.78 is 5.83. The summed E-state index contributed by atoms with van der Waals surface area (Å²) in [6.07, 6.45) is -0.629. The number of ether oxygens (including phenoxy) is 1. The molecule has 2 amide bonds. The van der Waals surface area contributed by atoms with E-state index in [0.29, 0.717) is 0 Å². The van der Waals surface area contributed by atoms with Gasteiger partial charge in [-0.15, -0.1) is 0 Å².